The molecule has 1 aromatic carbocycles. The van der Waals surface area contributed by atoms with Crippen molar-refractivity contribution in [3.05, 3.63) is 54.1 Å². The molecule has 0 aliphatic rings. The van der Waals surface area contributed by atoms with E-state index in [0.717, 1.165) is 24.3 Å². The van der Waals surface area contributed by atoms with Crippen LogP contribution in [0.2, 0.25) is 0 Å². The summed E-state index contributed by atoms with van der Waals surface area (Å²) in [5.41, 5.74) is 2.56. The molecule has 0 amide bonds. The van der Waals surface area contributed by atoms with E-state index in [1.807, 2.05) is 24.1 Å². The molecule has 0 aliphatic carbocycles. The van der Waals surface area contributed by atoms with Crippen molar-refractivity contribution in [3.63, 3.8) is 0 Å². The number of nitrogens with zero attached hydrogens (tertiary/aromatic N) is 2. The lowest BCUT2D eigenvalue weighted by molar-refractivity contribution is 0.627. The number of para-hydroxylation sites is 1. The number of rotatable bonds is 5. The Balaban J connectivity index is 2.33. The van der Waals surface area contributed by atoms with Gasteiger partial charge in [-0.05, 0) is 30.3 Å². The van der Waals surface area contributed by atoms with Crippen LogP contribution < -0.4 is 10.2 Å². The van der Waals surface area contributed by atoms with Gasteiger partial charge in [-0.25, -0.2) is 4.39 Å². The molecule has 1 heterocycles. The number of hydrogen-bond acceptors (Lipinski definition) is 3. The van der Waals surface area contributed by atoms with E-state index in [1.54, 1.807) is 24.5 Å². The van der Waals surface area contributed by atoms with Gasteiger partial charge < -0.3 is 10.2 Å². The molecule has 0 unspecified atom stereocenters. The Morgan fingerprint density at radius 2 is 2.00 bits per heavy atom. The number of benzene rings is 1. The zero-order valence-electron chi connectivity index (χ0n) is 11.2. The Labute approximate surface area is 113 Å². The smallest absolute Gasteiger partial charge is 0.146 e. The highest BCUT2D eigenvalue weighted by atomic mass is 19.1. The third-order valence-electron chi connectivity index (χ3n) is 3.03. The van der Waals surface area contributed by atoms with Crippen molar-refractivity contribution in [2.75, 3.05) is 18.5 Å². The maximum atomic E-state index is 13.8. The van der Waals surface area contributed by atoms with Crippen LogP contribution in [-0.4, -0.2) is 18.6 Å². The first kappa shape index (κ1) is 13.5. The molecule has 4 heteroatoms. The molecule has 0 saturated heterocycles. The second-order valence-electron chi connectivity index (χ2n) is 4.30. The molecule has 0 fully saturated rings. The molecular weight excluding hydrogens is 241 g/mol. The minimum absolute atomic E-state index is 0.233. The fourth-order valence-electron chi connectivity index (χ4n) is 1.98. The van der Waals surface area contributed by atoms with Crippen LogP contribution in [0.5, 0.6) is 0 Å². The summed E-state index contributed by atoms with van der Waals surface area (Å²) in [6.07, 6.45) is 3.52. The number of aromatic nitrogens is 1. The van der Waals surface area contributed by atoms with Crippen LogP contribution in [0.15, 0.2) is 42.7 Å². The topological polar surface area (TPSA) is 28.2 Å². The minimum atomic E-state index is -0.233. The summed E-state index contributed by atoms with van der Waals surface area (Å²) in [6, 6.07) is 8.70. The highest BCUT2D eigenvalue weighted by molar-refractivity contribution is 5.65. The maximum absolute atomic E-state index is 13.8. The summed E-state index contributed by atoms with van der Waals surface area (Å²) in [4.78, 5) is 5.97. The van der Waals surface area contributed by atoms with E-state index in [2.05, 4.69) is 17.2 Å². The second-order valence-corrected chi connectivity index (χ2v) is 4.30. The molecule has 2 aromatic rings. The molecule has 100 valence electrons. The summed E-state index contributed by atoms with van der Waals surface area (Å²) < 4.78 is 13.8. The molecule has 0 spiro atoms. The van der Waals surface area contributed by atoms with Crippen molar-refractivity contribution < 1.29 is 4.39 Å². The maximum Gasteiger partial charge on any atom is 0.146 e. The van der Waals surface area contributed by atoms with E-state index in [0.29, 0.717) is 5.69 Å². The minimum Gasteiger partial charge on any atom is -0.341 e. The number of pyridine rings is 1. The summed E-state index contributed by atoms with van der Waals surface area (Å²) >= 11 is 0. The van der Waals surface area contributed by atoms with Gasteiger partial charge in [0, 0.05) is 19.8 Å². The lowest BCUT2D eigenvalue weighted by Gasteiger charge is -2.22. The van der Waals surface area contributed by atoms with Gasteiger partial charge in [0.1, 0.15) is 5.82 Å². The molecule has 0 atom stereocenters. The van der Waals surface area contributed by atoms with Crippen molar-refractivity contribution in [2.45, 2.75) is 13.5 Å². The van der Waals surface area contributed by atoms with Crippen LogP contribution in [0, 0.1) is 5.82 Å². The Hall–Kier alpha value is -1.94. The summed E-state index contributed by atoms with van der Waals surface area (Å²) in [5, 5.41) is 3.28. The Kier molecular flexibility index (Phi) is 4.47. The largest absolute Gasteiger partial charge is 0.341 e. The second kappa shape index (κ2) is 6.29. The van der Waals surface area contributed by atoms with Gasteiger partial charge in [-0.1, -0.05) is 19.1 Å². The molecule has 2 rings (SSSR count). The first-order valence-corrected chi connectivity index (χ1v) is 6.36. The number of hydrogen-bond donors (Lipinski definition) is 1. The van der Waals surface area contributed by atoms with Crippen molar-refractivity contribution in [1.82, 2.24) is 10.3 Å². The van der Waals surface area contributed by atoms with Gasteiger partial charge in [0.05, 0.1) is 17.6 Å². The van der Waals surface area contributed by atoms with Gasteiger partial charge >= 0.3 is 0 Å². The van der Waals surface area contributed by atoms with Crippen LogP contribution in [-0.2, 0) is 6.54 Å². The number of nitrogens with one attached hydrogen (secondary N) is 1. The Morgan fingerprint density at radius 3 is 2.74 bits per heavy atom. The number of anilines is 2. The SMILES string of the molecule is CCNCc1ccncc1N(C)c1ccccc1F. The van der Waals surface area contributed by atoms with Crippen molar-refractivity contribution in [2.24, 2.45) is 0 Å². The molecule has 3 nitrogen and oxygen atoms in total. The molecule has 0 saturated carbocycles. The monoisotopic (exact) mass is 259 g/mol. The number of halogens is 1. The van der Waals surface area contributed by atoms with Gasteiger partial charge in [-0.15, -0.1) is 0 Å². The van der Waals surface area contributed by atoms with Gasteiger partial charge in [-0.3, -0.25) is 4.98 Å². The van der Waals surface area contributed by atoms with Gasteiger partial charge in [0.2, 0.25) is 0 Å². The fraction of sp³-hybridized carbons (Fsp3) is 0.267. The summed E-state index contributed by atoms with van der Waals surface area (Å²) in [7, 11) is 1.85. The van der Waals surface area contributed by atoms with Crippen molar-refractivity contribution in [1.29, 1.82) is 0 Å². The average molecular weight is 259 g/mol. The highest BCUT2D eigenvalue weighted by Crippen LogP contribution is 2.28. The van der Waals surface area contributed by atoms with Crippen LogP contribution >= 0.6 is 0 Å². The normalized spacial score (nSPS) is 10.5. The van der Waals surface area contributed by atoms with Crippen LogP contribution in [0.3, 0.4) is 0 Å². The first-order chi connectivity index (χ1) is 9.24. The molecule has 0 aliphatic heterocycles. The van der Waals surface area contributed by atoms with E-state index in [9.17, 15) is 4.39 Å². The fourth-order valence-corrected chi connectivity index (χ4v) is 1.98. The predicted molar refractivity (Wildman–Crippen MR) is 76.1 cm³/mol. The van der Waals surface area contributed by atoms with Crippen LogP contribution in [0.25, 0.3) is 0 Å². The lowest BCUT2D eigenvalue weighted by atomic mass is 10.2. The Bertz CT molecular complexity index is 542. The Morgan fingerprint density at radius 1 is 1.21 bits per heavy atom. The van der Waals surface area contributed by atoms with E-state index in [-0.39, 0.29) is 5.82 Å². The molecule has 1 aromatic heterocycles. The van der Waals surface area contributed by atoms with Crippen LogP contribution in [0.1, 0.15) is 12.5 Å². The van der Waals surface area contributed by atoms with E-state index in [4.69, 9.17) is 0 Å². The quantitative estimate of drug-likeness (QED) is 0.894. The van der Waals surface area contributed by atoms with Gasteiger partial charge in [0.15, 0.2) is 0 Å². The lowest BCUT2D eigenvalue weighted by Crippen LogP contribution is -2.18. The molecular formula is C15H18FN3. The molecule has 0 bridgehead atoms. The van der Waals surface area contributed by atoms with Crippen LogP contribution in [0.4, 0.5) is 15.8 Å². The average Bonchev–Trinajstić information content (AvgIpc) is 2.45. The zero-order chi connectivity index (χ0) is 13.7. The van der Waals surface area contributed by atoms with Gasteiger partial charge in [0.25, 0.3) is 0 Å². The summed E-state index contributed by atoms with van der Waals surface area (Å²) in [6.45, 7) is 3.69. The first-order valence-electron chi connectivity index (χ1n) is 6.36. The molecule has 19 heavy (non-hydrogen) atoms. The van der Waals surface area contributed by atoms with Gasteiger partial charge in [-0.2, -0.15) is 0 Å². The third-order valence-corrected chi connectivity index (χ3v) is 3.03. The van der Waals surface area contributed by atoms with E-state index in [1.165, 1.54) is 6.07 Å². The van der Waals surface area contributed by atoms with E-state index < -0.39 is 0 Å². The molecule has 1 N–H and O–H groups in total. The van der Waals surface area contributed by atoms with Crippen molar-refractivity contribution >= 4 is 11.4 Å². The summed E-state index contributed by atoms with van der Waals surface area (Å²) in [5.74, 6) is -0.233. The molecule has 0 radical (unpaired) electrons. The van der Waals surface area contributed by atoms with E-state index >= 15 is 0 Å². The third kappa shape index (κ3) is 3.09. The highest BCUT2D eigenvalue weighted by Gasteiger charge is 2.12. The zero-order valence-corrected chi connectivity index (χ0v) is 11.2. The standard InChI is InChI=1S/C15H18FN3/c1-3-17-10-12-8-9-18-11-15(12)19(2)14-7-5-4-6-13(14)16/h4-9,11,17H,3,10H2,1-2H3. The van der Waals surface area contributed by atoms with Crippen molar-refractivity contribution in [3.8, 4) is 0 Å². The predicted octanol–water partition coefficient (Wildman–Crippen LogP) is 3.10.